The van der Waals surface area contributed by atoms with E-state index in [4.69, 9.17) is 9.47 Å². The summed E-state index contributed by atoms with van der Waals surface area (Å²) in [5, 5.41) is 3.37. The first-order valence-corrected chi connectivity index (χ1v) is 9.68. The molecule has 1 unspecified atom stereocenters. The molecule has 0 heterocycles. The first-order chi connectivity index (χ1) is 12.4. The number of hydrogen-bond donors (Lipinski definition) is 1. The summed E-state index contributed by atoms with van der Waals surface area (Å²) < 4.78 is 11.6. The Labute approximate surface area is 158 Å². The van der Waals surface area contributed by atoms with Crippen LogP contribution in [0.5, 0.6) is 11.5 Å². The van der Waals surface area contributed by atoms with E-state index in [0.717, 1.165) is 36.6 Å². The SMILES string of the molecule is CCC(C)Oc1ccc(NCCOc2ccc(C(C)(C)CC)cc2)cc1. The summed E-state index contributed by atoms with van der Waals surface area (Å²) in [6, 6.07) is 16.6. The third kappa shape index (κ3) is 5.98. The Kier molecular flexibility index (Phi) is 7.38. The summed E-state index contributed by atoms with van der Waals surface area (Å²) in [5.41, 5.74) is 2.64. The molecule has 0 aliphatic heterocycles. The molecule has 26 heavy (non-hydrogen) atoms. The average molecular weight is 356 g/mol. The van der Waals surface area contributed by atoms with Gasteiger partial charge in [0.05, 0.1) is 6.10 Å². The highest BCUT2D eigenvalue weighted by Crippen LogP contribution is 2.28. The minimum atomic E-state index is 0.213. The predicted molar refractivity (Wildman–Crippen MR) is 111 cm³/mol. The number of ether oxygens (including phenoxy) is 2. The zero-order valence-corrected chi connectivity index (χ0v) is 16.8. The van der Waals surface area contributed by atoms with Crippen molar-refractivity contribution in [3.63, 3.8) is 0 Å². The molecule has 142 valence electrons. The first-order valence-electron chi connectivity index (χ1n) is 9.68. The average Bonchev–Trinajstić information content (AvgIpc) is 2.66. The van der Waals surface area contributed by atoms with E-state index in [2.05, 4.69) is 64.2 Å². The number of benzene rings is 2. The van der Waals surface area contributed by atoms with Gasteiger partial charge in [0.15, 0.2) is 0 Å². The van der Waals surface area contributed by atoms with Crippen LogP contribution in [0.4, 0.5) is 5.69 Å². The van der Waals surface area contributed by atoms with Crippen LogP contribution in [0.1, 0.15) is 53.0 Å². The molecule has 0 fully saturated rings. The number of hydrogen-bond acceptors (Lipinski definition) is 3. The van der Waals surface area contributed by atoms with Crippen LogP contribution < -0.4 is 14.8 Å². The van der Waals surface area contributed by atoms with E-state index in [0.29, 0.717) is 6.61 Å². The van der Waals surface area contributed by atoms with Gasteiger partial charge in [0.25, 0.3) is 0 Å². The van der Waals surface area contributed by atoms with Gasteiger partial charge < -0.3 is 14.8 Å². The van der Waals surface area contributed by atoms with E-state index >= 15 is 0 Å². The van der Waals surface area contributed by atoms with Gasteiger partial charge in [-0.15, -0.1) is 0 Å². The molecule has 0 saturated heterocycles. The van der Waals surface area contributed by atoms with Crippen LogP contribution >= 0.6 is 0 Å². The molecule has 0 aliphatic rings. The van der Waals surface area contributed by atoms with Crippen LogP contribution in [0, 0.1) is 0 Å². The molecule has 1 atom stereocenters. The Morgan fingerprint density at radius 1 is 0.923 bits per heavy atom. The molecule has 0 bridgehead atoms. The van der Waals surface area contributed by atoms with Gasteiger partial charge in [-0.05, 0) is 67.1 Å². The van der Waals surface area contributed by atoms with E-state index in [1.807, 2.05) is 24.3 Å². The molecule has 1 N–H and O–H groups in total. The van der Waals surface area contributed by atoms with Crippen molar-refractivity contribution in [2.75, 3.05) is 18.5 Å². The van der Waals surface area contributed by atoms with Gasteiger partial charge in [-0.2, -0.15) is 0 Å². The highest BCUT2D eigenvalue weighted by atomic mass is 16.5. The van der Waals surface area contributed by atoms with Crippen molar-refractivity contribution in [3.05, 3.63) is 54.1 Å². The van der Waals surface area contributed by atoms with Crippen LogP contribution in [-0.4, -0.2) is 19.3 Å². The molecule has 0 aromatic heterocycles. The Morgan fingerprint density at radius 2 is 1.54 bits per heavy atom. The number of anilines is 1. The standard InChI is InChI=1S/C23H33NO2/c1-6-18(3)26-22-14-10-20(11-15-22)24-16-17-25-21-12-8-19(9-13-21)23(4,5)7-2/h8-15,18,24H,6-7,16-17H2,1-5H3. The fourth-order valence-electron chi connectivity index (χ4n) is 2.54. The smallest absolute Gasteiger partial charge is 0.119 e. The van der Waals surface area contributed by atoms with E-state index in [1.165, 1.54) is 5.56 Å². The first kappa shape index (κ1) is 20.2. The molecule has 2 aromatic rings. The second kappa shape index (κ2) is 9.51. The lowest BCUT2D eigenvalue weighted by atomic mass is 9.82. The summed E-state index contributed by atoms with van der Waals surface area (Å²) in [4.78, 5) is 0. The maximum absolute atomic E-state index is 5.83. The van der Waals surface area contributed by atoms with Crippen LogP contribution in [0.25, 0.3) is 0 Å². The van der Waals surface area contributed by atoms with Crippen molar-refractivity contribution < 1.29 is 9.47 Å². The van der Waals surface area contributed by atoms with Gasteiger partial charge in [0, 0.05) is 12.2 Å². The molecule has 3 heteroatoms. The highest BCUT2D eigenvalue weighted by Gasteiger charge is 2.17. The summed E-state index contributed by atoms with van der Waals surface area (Å²) in [6.45, 7) is 12.4. The maximum atomic E-state index is 5.83. The topological polar surface area (TPSA) is 30.5 Å². The summed E-state index contributed by atoms with van der Waals surface area (Å²) in [7, 11) is 0. The third-order valence-electron chi connectivity index (χ3n) is 4.99. The van der Waals surface area contributed by atoms with E-state index in [1.54, 1.807) is 0 Å². The van der Waals surface area contributed by atoms with Gasteiger partial charge >= 0.3 is 0 Å². The van der Waals surface area contributed by atoms with Gasteiger partial charge in [-0.3, -0.25) is 0 Å². The quantitative estimate of drug-likeness (QED) is 0.527. The van der Waals surface area contributed by atoms with Gasteiger partial charge in [-0.25, -0.2) is 0 Å². The second-order valence-electron chi connectivity index (χ2n) is 7.40. The monoisotopic (exact) mass is 355 g/mol. The minimum Gasteiger partial charge on any atom is -0.492 e. The lowest BCUT2D eigenvalue weighted by molar-refractivity contribution is 0.217. The van der Waals surface area contributed by atoms with Gasteiger partial charge in [0.1, 0.15) is 18.1 Å². The second-order valence-corrected chi connectivity index (χ2v) is 7.40. The molecule has 3 nitrogen and oxygen atoms in total. The lowest BCUT2D eigenvalue weighted by Crippen LogP contribution is -2.15. The van der Waals surface area contributed by atoms with Crippen LogP contribution in [0.15, 0.2) is 48.5 Å². The lowest BCUT2D eigenvalue weighted by Gasteiger charge is -2.23. The van der Waals surface area contributed by atoms with E-state index < -0.39 is 0 Å². The molecule has 2 aromatic carbocycles. The molecular weight excluding hydrogens is 322 g/mol. The van der Waals surface area contributed by atoms with E-state index in [9.17, 15) is 0 Å². The third-order valence-corrected chi connectivity index (χ3v) is 4.99. The van der Waals surface area contributed by atoms with E-state index in [-0.39, 0.29) is 11.5 Å². The van der Waals surface area contributed by atoms with Crippen LogP contribution in [-0.2, 0) is 5.41 Å². The van der Waals surface area contributed by atoms with Crippen molar-refractivity contribution >= 4 is 5.69 Å². The van der Waals surface area contributed by atoms with Gasteiger partial charge in [0.2, 0.25) is 0 Å². The predicted octanol–water partition coefficient (Wildman–Crippen LogP) is 6.04. The Balaban J connectivity index is 1.75. The van der Waals surface area contributed by atoms with Gasteiger partial charge in [-0.1, -0.05) is 39.8 Å². The minimum absolute atomic E-state index is 0.213. The summed E-state index contributed by atoms with van der Waals surface area (Å²) >= 11 is 0. The normalized spacial score (nSPS) is 12.5. The molecular formula is C23H33NO2. The molecule has 0 aliphatic carbocycles. The fourth-order valence-corrected chi connectivity index (χ4v) is 2.54. The summed E-state index contributed by atoms with van der Waals surface area (Å²) in [6.07, 6.45) is 2.38. The Bertz CT molecular complexity index is 647. The molecule has 0 spiro atoms. The molecule has 0 radical (unpaired) electrons. The van der Waals surface area contributed by atoms with Crippen LogP contribution in [0.2, 0.25) is 0 Å². The van der Waals surface area contributed by atoms with Crippen molar-refractivity contribution in [1.29, 1.82) is 0 Å². The van der Waals surface area contributed by atoms with Crippen molar-refractivity contribution in [2.45, 2.75) is 59.0 Å². The molecule has 0 amide bonds. The van der Waals surface area contributed by atoms with Crippen molar-refractivity contribution in [3.8, 4) is 11.5 Å². The summed E-state index contributed by atoms with van der Waals surface area (Å²) in [5.74, 6) is 1.83. The number of rotatable bonds is 10. The zero-order chi connectivity index (χ0) is 19.0. The molecule has 0 saturated carbocycles. The highest BCUT2D eigenvalue weighted by molar-refractivity contribution is 5.46. The van der Waals surface area contributed by atoms with Crippen LogP contribution in [0.3, 0.4) is 0 Å². The fraction of sp³-hybridized carbons (Fsp3) is 0.478. The maximum Gasteiger partial charge on any atom is 0.119 e. The van der Waals surface area contributed by atoms with Crippen molar-refractivity contribution in [2.24, 2.45) is 0 Å². The van der Waals surface area contributed by atoms with Crippen molar-refractivity contribution in [1.82, 2.24) is 0 Å². The largest absolute Gasteiger partial charge is 0.492 e. The Morgan fingerprint density at radius 3 is 2.12 bits per heavy atom. The molecule has 2 rings (SSSR count). The number of nitrogens with one attached hydrogen (secondary N) is 1. The Hall–Kier alpha value is -2.16. The zero-order valence-electron chi connectivity index (χ0n) is 16.8.